The van der Waals surface area contributed by atoms with Crippen molar-refractivity contribution in [1.82, 2.24) is 5.73 Å². The third-order valence-electron chi connectivity index (χ3n) is 1.03. The molecule has 2 radical (unpaired) electrons. The number of carbonyl (C=O) groups is 2. The van der Waals surface area contributed by atoms with Gasteiger partial charge in [-0.2, -0.15) is 0 Å². The molecular formula is C7H10N2O2. The van der Waals surface area contributed by atoms with Crippen LogP contribution in [0.4, 0.5) is 0 Å². The molecule has 0 aromatic heterocycles. The van der Waals surface area contributed by atoms with Gasteiger partial charge in [0.1, 0.15) is 0 Å². The summed E-state index contributed by atoms with van der Waals surface area (Å²) in [4.78, 5) is 24.0. The van der Waals surface area contributed by atoms with Gasteiger partial charge in [0.2, 0.25) is 5.91 Å². The molecule has 0 N–H and O–H groups in total. The highest BCUT2D eigenvalue weighted by Crippen LogP contribution is 1.86. The third-order valence-corrected chi connectivity index (χ3v) is 1.03. The standard InChI is InChI=1S/C7H10N2O2/c1-2-7(11)9-5-3-4-6(8)10/h5H,2-4H2,1H3. The van der Waals surface area contributed by atoms with Gasteiger partial charge >= 0.3 is 0 Å². The molecule has 0 saturated heterocycles. The van der Waals surface area contributed by atoms with Crippen LogP contribution in [0.5, 0.6) is 0 Å². The average Bonchev–Trinajstić information content (AvgIpc) is 1.97. The second kappa shape index (κ2) is 5.58. The zero-order chi connectivity index (χ0) is 8.69. The number of hydrogen-bond donors (Lipinski definition) is 0. The molecule has 0 aliphatic rings. The van der Waals surface area contributed by atoms with Crippen LogP contribution < -0.4 is 5.73 Å². The molecule has 4 heteroatoms. The first-order chi connectivity index (χ1) is 5.16. The summed E-state index contributed by atoms with van der Waals surface area (Å²) < 4.78 is 0. The quantitative estimate of drug-likeness (QED) is 0.549. The average molecular weight is 154 g/mol. The van der Waals surface area contributed by atoms with Gasteiger partial charge in [-0.25, -0.2) is 4.99 Å². The lowest BCUT2D eigenvalue weighted by atomic mass is 10.3. The van der Waals surface area contributed by atoms with Crippen LogP contribution in [0.3, 0.4) is 0 Å². The summed E-state index contributed by atoms with van der Waals surface area (Å²) in [5.41, 5.74) is 8.19. The van der Waals surface area contributed by atoms with Gasteiger partial charge in [-0.05, 0) is 6.42 Å². The summed E-state index contributed by atoms with van der Waals surface area (Å²) in [6.45, 7) is 1.71. The maximum absolute atomic E-state index is 10.5. The molecule has 0 aromatic rings. The predicted octanol–water partition coefficient (Wildman–Crippen LogP) is 0.369. The number of amides is 2. The number of nitrogens with zero attached hydrogens (tertiary/aromatic N) is 2. The van der Waals surface area contributed by atoms with Crippen molar-refractivity contribution in [2.45, 2.75) is 26.2 Å². The Morgan fingerprint density at radius 3 is 2.64 bits per heavy atom. The Labute approximate surface area is 65.5 Å². The highest BCUT2D eigenvalue weighted by molar-refractivity contribution is 5.85. The molecule has 0 atom stereocenters. The van der Waals surface area contributed by atoms with Gasteiger partial charge in [-0.1, -0.05) is 6.92 Å². The van der Waals surface area contributed by atoms with Crippen molar-refractivity contribution < 1.29 is 9.59 Å². The molecule has 0 saturated carbocycles. The summed E-state index contributed by atoms with van der Waals surface area (Å²) in [5.74, 6) is -1.09. The van der Waals surface area contributed by atoms with E-state index in [-0.39, 0.29) is 12.3 Å². The normalized spacial score (nSPS) is 10.3. The number of rotatable bonds is 4. The Hall–Kier alpha value is -1.19. The number of aliphatic imine (C=N–C) groups is 1. The molecule has 0 heterocycles. The fourth-order valence-corrected chi connectivity index (χ4v) is 0.446. The lowest BCUT2D eigenvalue weighted by Crippen LogP contribution is -1.97. The predicted molar refractivity (Wildman–Crippen MR) is 40.2 cm³/mol. The SMILES string of the molecule is CCC(=O)N=CCCC([N])=O. The Morgan fingerprint density at radius 1 is 1.55 bits per heavy atom. The topological polar surface area (TPSA) is 68.8 Å². The summed E-state index contributed by atoms with van der Waals surface area (Å²) in [6, 6.07) is 0. The van der Waals surface area contributed by atoms with Crippen LogP contribution in [-0.4, -0.2) is 18.0 Å². The lowest BCUT2D eigenvalue weighted by molar-refractivity contribution is -0.119. The van der Waals surface area contributed by atoms with Gasteiger partial charge < -0.3 is 0 Å². The van der Waals surface area contributed by atoms with Crippen LogP contribution in [0.25, 0.3) is 0 Å². The van der Waals surface area contributed by atoms with Gasteiger partial charge in [-0.15, -0.1) is 5.73 Å². The van der Waals surface area contributed by atoms with Crippen LogP contribution in [-0.2, 0) is 9.59 Å². The van der Waals surface area contributed by atoms with Crippen molar-refractivity contribution in [3.8, 4) is 0 Å². The van der Waals surface area contributed by atoms with Crippen LogP contribution in [0.15, 0.2) is 4.99 Å². The lowest BCUT2D eigenvalue weighted by Gasteiger charge is -1.85. The highest BCUT2D eigenvalue weighted by Gasteiger charge is 1.94. The van der Waals surface area contributed by atoms with E-state index in [1.54, 1.807) is 6.92 Å². The van der Waals surface area contributed by atoms with E-state index in [0.717, 1.165) is 0 Å². The Balaban J connectivity index is 3.45. The monoisotopic (exact) mass is 154 g/mol. The molecule has 2 amide bonds. The van der Waals surface area contributed by atoms with Crippen molar-refractivity contribution in [1.29, 1.82) is 0 Å². The van der Waals surface area contributed by atoms with E-state index >= 15 is 0 Å². The van der Waals surface area contributed by atoms with Crippen molar-refractivity contribution in [3.63, 3.8) is 0 Å². The fourth-order valence-electron chi connectivity index (χ4n) is 0.446. The van der Waals surface area contributed by atoms with E-state index in [9.17, 15) is 9.59 Å². The number of carbonyl (C=O) groups excluding carboxylic acids is 2. The maximum atomic E-state index is 10.5. The van der Waals surface area contributed by atoms with E-state index in [1.165, 1.54) is 6.21 Å². The molecule has 0 bridgehead atoms. The molecule has 4 nitrogen and oxygen atoms in total. The summed E-state index contributed by atoms with van der Waals surface area (Å²) in [6.07, 6.45) is 2.06. The van der Waals surface area contributed by atoms with Crippen molar-refractivity contribution in [2.24, 2.45) is 4.99 Å². The zero-order valence-corrected chi connectivity index (χ0v) is 6.41. The van der Waals surface area contributed by atoms with Gasteiger partial charge in [0.15, 0.2) is 0 Å². The van der Waals surface area contributed by atoms with Crippen molar-refractivity contribution in [2.75, 3.05) is 0 Å². The van der Waals surface area contributed by atoms with Crippen LogP contribution in [0, 0.1) is 0 Å². The van der Waals surface area contributed by atoms with Crippen molar-refractivity contribution >= 4 is 18.0 Å². The zero-order valence-electron chi connectivity index (χ0n) is 6.41. The first-order valence-corrected chi connectivity index (χ1v) is 3.44. The Kier molecular flexibility index (Phi) is 4.98. The maximum Gasteiger partial charge on any atom is 0.265 e. The van der Waals surface area contributed by atoms with Crippen LogP contribution in [0.2, 0.25) is 0 Å². The molecule has 60 valence electrons. The minimum Gasteiger partial charge on any atom is -0.273 e. The molecule has 0 aliphatic heterocycles. The minimum atomic E-state index is -0.875. The Morgan fingerprint density at radius 2 is 2.18 bits per heavy atom. The highest BCUT2D eigenvalue weighted by atomic mass is 16.1. The molecule has 0 rings (SSSR count). The van der Waals surface area contributed by atoms with Gasteiger partial charge in [0, 0.05) is 19.1 Å². The molecule has 11 heavy (non-hydrogen) atoms. The minimum absolute atomic E-state index is 0.0283. The molecular weight excluding hydrogens is 144 g/mol. The van der Waals surface area contributed by atoms with E-state index in [0.29, 0.717) is 12.8 Å². The molecule has 0 aromatic carbocycles. The Bertz CT molecular complexity index is 175. The molecule has 0 aliphatic carbocycles. The largest absolute Gasteiger partial charge is 0.273 e. The first-order valence-electron chi connectivity index (χ1n) is 3.44. The molecule has 0 fully saturated rings. The summed E-state index contributed by atoms with van der Waals surface area (Å²) in [7, 11) is 0. The number of hydrogen-bond acceptors (Lipinski definition) is 2. The van der Waals surface area contributed by atoms with Gasteiger partial charge in [-0.3, -0.25) is 9.59 Å². The first kappa shape index (κ1) is 9.81. The van der Waals surface area contributed by atoms with Crippen molar-refractivity contribution in [3.05, 3.63) is 0 Å². The van der Waals surface area contributed by atoms with E-state index in [1.807, 2.05) is 0 Å². The summed E-state index contributed by atoms with van der Waals surface area (Å²) >= 11 is 0. The van der Waals surface area contributed by atoms with Crippen LogP contribution >= 0.6 is 0 Å². The molecule has 0 unspecified atom stereocenters. The summed E-state index contributed by atoms with van der Waals surface area (Å²) in [5, 5.41) is 0. The van der Waals surface area contributed by atoms with E-state index in [2.05, 4.69) is 4.99 Å². The molecule has 0 spiro atoms. The van der Waals surface area contributed by atoms with E-state index in [4.69, 9.17) is 5.73 Å². The third kappa shape index (κ3) is 6.70. The van der Waals surface area contributed by atoms with Crippen LogP contribution in [0.1, 0.15) is 26.2 Å². The van der Waals surface area contributed by atoms with E-state index < -0.39 is 5.91 Å². The fraction of sp³-hybridized carbons (Fsp3) is 0.571. The van der Waals surface area contributed by atoms with Gasteiger partial charge in [0.25, 0.3) is 5.91 Å². The smallest absolute Gasteiger partial charge is 0.265 e. The second-order valence-corrected chi connectivity index (χ2v) is 1.99. The second-order valence-electron chi connectivity index (χ2n) is 1.99. The van der Waals surface area contributed by atoms with Gasteiger partial charge in [0.05, 0.1) is 0 Å².